The molecule has 0 amide bonds. The minimum Gasteiger partial charge on any atom is -0.322 e. The number of hydrogen-bond acceptors (Lipinski definition) is 3. The highest BCUT2D eigenvalue weighted by molar-refractivity contribution is 5.14. The summed E-state index contributed by atoms with van der Waals surface area (Å²) < 4.78 is 36.8. The van der Waals surface area contributed by atoms with Gasteiger partial charge in [-0.2, -0.15) is 13.2 Å². The molecule has 1 unspecified atom stereocenters. The monoisotopic (exact) mass is 205 g/mol. The van der Waals surface area contributed by atoms with Gasteiger partial charge in [-0.05, 0) is 19.9 Å². The number of halogens is 3. The quantitative estimate of drug-likeness (QED) is 0.760. The zero-order valence-electron chi connectivity index (χ0n) is 7.76. The fourth-order valence-corrected chi connectivity index (χ4v) is 0.940. The van der Waals surface area contributed by atoms with Gasteiger partial charge in [0.15, 0.2) is 0 Å². The third-order valence-electron chi connectivity index (χ3n) is 1.57. The number of alkyl halides is 3. The Morgan fingerprint density at radius 2 is 1.93 bits per heavy atom. The number of aromatic nitrogens is 2. The van der Waals surface area contributed by atoms with Gasteiger partial charge in [-0.3, -0.25) is 0 Å². The minimum absolute atomic E-state index is 0.0114. The van der Waals surface area contributed by atoms with Gasteiger partial charge in [0.1, 0.15) is 11.5 Å². The Balaban J connectivity index is 3.21. The molecule has 2 N–H and O–H groups in total. The summed E-state index contributed by atoms with van der Waals surface area (Å²) in [7, 11) is 0. The predicted octanol–water partition coefficient (Wildman–Crippen LogP) is 1.82. The fourth-order valence-electron chi connectivity index (χ4n) is 0.940. The fraction of sp³-hybridized carbons (Fsp3) is 0.500. The van der Waals surface area contributed by atoms with E-state index in [1.165, 1.54) is 13.8 Å². The van der Waals surface area contributed by atoms with Crippen molar-refractivity contribution in [1.29, 1.82) is 0 Å². The molecule has 78 valence electrons. The van der Waals surface area contributed by atoms with E-state index < -0.39 is 17.9 Å². The molecule has 0 saturated heterocycles. The molecular weight excluding hydrogens is 195 g/mol. The number of nitrogens with two attached hydrogens (primary N) is 1. The number of nitrogens with zero attached hydrogens (tertiary/aromatic N) is 2. The van der Waals surface area contributed by atoms with Crippen LogP contribution in [0, 0.1) is 6.92 Å². The molecule has 1 aromatic rings. The largest absolute Gasteiger partial charge is 0.433 e. The highest BCUT2D eigenvalue weighted by Crippen LogP contribution is 2.28. The van der Waals surface area contributed by atoms with Crippen molar-refractivity contribution < 1.29 is 13.2 Å². The predicted molar refractivity (Wildman–Crippen MR) is 44.4 cm³/mol. The van der Waals surface area contributed by atoms with Gasteiger partial charge in [0.05, 0.1) is 6.04 Å². The second-order valence-electron chi connectivity index (χ2n) is 3.04. The van der Waals surface area contributed by atoms with Crippen molar-refractivity contribution in [3.8, 4) is 0 Å². The summed E-state index contributed by atoms with van der Waals surface area (Å²) in [5.41, 5.74) is 4.72. The smallest absolute Gasteiger partial charge is 0.322 e. The van der Waals surface area contributed by atoms with Crippen molar-refractivity contribution in [1.82, 2.24) is 9.97 Å². The molecule has 1 atom stereocenters. The van der Waals surface area contributed by atoms with Crippen LogP contribution >= 0.6 is 0 Å². The molecule has 0 aromatic carbocycles. The van der Waals surface area contributed by atoms with Crippen molar-refractivity contribution >= 4 is 0 Å². The summed E-state index contributed by atoms with van der Waals surface area (Å²) >= 11 is 0. The van der Waals surface area contributed by atoms with Gasteiger partial charge in [0.2, 0.25) is 0 Å². The van der Waals surface area contributed by atoms with E-state index in [0.29, 0.717) is 0 Å². The highest BCUT2D eigenvalue weighted by atomic mass is 19.4. The molecule has 1 rings (SSSR count). The normalized spacial score (nSPS) is 14.1. The standard InChI is InChI=1S/C8H10F3N3/c1-4-3-6(8(9,10)11)14-7(13-4)5(2)12/h3,5H,12H2,1-2H3. The zero-order chi connectivity index (χ0) is 10.9. The average molecular weight is 205 g/mol. The maximum Gasteiger partial charge on any atom is 0.433 e. The lowest BCUT2D eigenvalue weighted by atomic mass is 10.2. The third kappa shape index (κ3) is 2.41. The van der Waals surface area contributed by atoms with Gasteiger partial charge in [0.25, 0.3) is 0 Å². The molecule has 0 fully saturated rings. The topological polar surface area (TPSA) is 51.8 Å². The summed E-state index contributed by atoms with van der Waals surface area (Å²) in [6, 6.07) is 0.294. The molecule has 3 nitrogen and oxygen atoms in total. The van der Waals surface area contributed by atoms with Crippen LogP contribution in [0.5, 0.6) is 0 Å². The van der Waals surface area contributed by atoms with Crippen LogP contribution in [0.15, 0.2) is 6.07 Å². The van der Waals surface area contributed by atoms with Crippen molar-refractivity contribution in [2.45, 2.75) is 26.1 Å². The molecule has 0 bridgehead atoms. The Morgan fingerprint density at radius 1 is 1.36 bits per heavy atom. The Bertz CT molecular complexity index is 333. The Kier molecular flexibility index (Phi) is 2.75. The molecule has 14 heavy (non-hydrogen) atoms. The highest BCUT2D eigenvalue weighted by Gasteiger charge is 2.33. The second kappa shape index (κ2) is 3.53. The molecule has 6 heteroatoms. The van der Waals surface area contributed by atoms with E-state index in [2.05, 4.69) is 9.97 Å². The molecule has 0 aliphatic carbocycles. The molecule has 1 heterocycles. The van der Waals surface area contributed by atoms with Gasteiger partial charge < -0.3 is 5.73 Å². The van der Waals surface area contributed by atoms with Crippen LogP contribution in [-0.4, -0.2) is 9.97 Å². The van der Waals surface area contributed by atoms with Gasteiger partial charge in [-0.25, -0.2) is 9.97 Å². The SMILES string of the molecule is Cc1cc(C(F)(F)F)nc(C(C)N)n1. The summed E-state index contributed by atoms with van der Waals surface area (Å²) in [4.78, 5) is 7.15. The van der Waals surface area contributed by atoms with Crippen LogP contribution in [-0.2, 0) is 6.18 Å². The van der Waals surface area contributed by atoms with Crippen LogP contribution in [0.25, 0.3) is 0 Å². The second-order valence-corrected chi connectivity index (χ2v) is 3.04. The minimum atomic E-state index is -4.45. The summed E-state index contributed by atoms with van der Waals surface area (Å²) in [6.07, 6.45) is -4.45. The maximum absolute atomic E-state index is 12.3. The van der Waals surface area contributed by atoms with Crippen LogP contribution in [0.2, 0.25) is 0 Å². The van der Waals surface area contributed by atoms with E-state index in [4.69, 9.17) is 5.73 Å². The first kappa shape index (κ1) is 10.9. The Hall–Kier alpha value is -1.17. The maximum atomic E-state index is 12.3. The van der Waals surface area contributed by atoms with E-state index in [9.17, 15) is 13.2 Å². The molecule has 0 spiro atoms. The first-order valence-electron chi connectivity index (χ1n) is 3.99. The number of rotatable bonds is 1. The molecule has 1 aromatic heterocycles. The lowest BCUT2D eigenvalue weighted by molar-refractivity contribution is -0.141. The third-order valence-corrected chi connectivity index (χ3v) is 1.57. The van der Waals surface area contributed by atoms with Crippen LogP contribution in [0.3, 0.4) is 0 Å². The zero-order valence-corrected chi connectivity index (χ0v) is 7.76. The molecule has 0 aliphatic heterocycles. The molecule has 0 aliphatic rings. The lowest BCUT2D eigenvalue weighted by Gasteiger charge is -2.10. The average Bonchev–Trinajstić information content (AvgIpc) is 2.01. The van der Waals surface area contributed by atoms with E-state index in [1.54, 1.807) is 0 Å². The molecule has 0 radical (unpaired) electrons. The molecule has 0 saturated carbocycles. The van der Waals surface area contributed by atoms with E-state index in [0.717, 1.165) is 6.07 Å². The summed E-state index contributed by atoms with van der Waals surface area (Å²) in [5.74, 6) is 0.0114. The number of aryl methyl sites for hydroxylation is 1. The van der Waals surface area contributed by atoms with Crippen LogP contribution in [0.1, 0.15) is 30.2 Å². The Labute approximate surface area is 79.2 Å². The van der Waals surface area contributed by atoms with Crippen LogP contribution in [0.4, 0.5) is 13.2 Å². The van der Waals surface area contributed by atoms with Crippen molar-refractivity contribution in [2.24, 2.45) is 5.73 Å². The Morgan fingerprint density at radius 3 is 2.36 bits per heavy atom. The van der Waals surface area contributed by atoms with Crippen LogP contribution < -0.4 is 5.73 Å². The van der Waals surface area contributed by atoms with E-state index >= 15 is 0 Å². The first-order valence-corrected chi connectivity index (χ1v) is 3.99. The van der Waals surface area contributed by atoms with E-state index in [-0.39, 0.29) is 11.5 Å². The number of hydrogen-bond donors (Lipinski definition) is 1. The van der Waals surface area contributed by atoms with Crippen molar-refractivity contribution in [2.75, 3.05) is 0 Å². The van der Waals surface area contributed by atoms with Gasteiger partial charge in [-0.15, -0.1) is 0 Å². The van der Waals surface area contributed by atoms with Crippen molar-refractivity contribution in [3.05, 3.63) is 23.3 Å². The van der Waals surface area contributed by atoms with Gasteiger partial charge in [-0.1, -0.05) is 0 Å². The summed E-state index contributed by atoms with van der Waals surface area (Å²) in [5, 5.41) is 0. The molecular formula is C8H10F3N3. The van der Waals surface area contributed by atoms with Crippen molar-refractivity contribution in [3.63, 3.8) is 0 Å². The summed E-state index contributed by atoms with van der Waals surface area (Å²) in [6.45, 7) is 3.01. The van der Waals surface area contributed by atoms with Gasteiger partial charge >= 0.3 is 6.18 Å². The lowest BCUT2D eigenvalue weighted by Crippen LogP contribution is -2.16. The first-order chi connectivity index (χ1) is 6.30. The van der Waals surface area contributed by atoms with Gasteiger partial charge in [0, 0.05) is 5.69 Å². The van der Waals surface area contributed by atoms with E-state index in [1.807, 2.05) is 0 Å².